The van der Waals surface area contributed by atoms with E-state index in [1.807, 2.05) is 36.4 Å². The maximum atomic E-state index is 10.1. The molecular formula is C21H27NO6. The fraction of sp³-hybridized carbons (Fsp3) is 0.429. The highest BCUT2D eigenvalue weighted by molar-refractivity contribution is 5.44. The van der Waals surface area contributed by atoms with Gasteiger partial charge in [0.05, 0.1) is 33.5 Å². The van der Waals surface area contributed by atoms with Gasteiger partial charge < -0.3 is 34.1 Å². The highest BCUT2D eigenvalue weighted by Gasteiger charge is 2.13. The average molecular weight is 389 g/mol. The third-order valence-electron chi connectivity index (χ3n) is 4.43. The Hall–Kier alpha value is -2.48. The summed E-state index contributed by atoms with van der Waals surface area (Å²) in [6, 6.07) is 11.6. The number of rotatable bonds is 11. The van der Waals surface area contributed by atoms with Gasteiger partial charge >= 0.3 is 0 Å². The van der Waals surface area contributed by atoms with Crippen LogP contribution >= 0.6 is 0 Å². The third-order valence-corrected chi connectivity index (χ3v) is 4.43. The summed E-state index contributed by atoms with van der Waals surface area (Å²) in [6.45, 7) is 2.15. The Labute approximate surface area is 165 Å². The zero-order valence-electron chi connectivity index (χ0n) is 16.3. The van der Waals surface area contributed by atoms with Crippen molar-refractivity contribution in [2.75, 3.05) is 40.7 Å². The minimum Gasteiger partial charge on any atom is -0.493 e. The number of hydrogen-bond donors (Lipinski definition) is 2. The maximum absolute atomic E-state index is 10.1. The summed E-state index contributed by atoms with van der Waals surface area (Å²) in [5.74, 6) is 2.92. The van der Waals surface area contributed by atoms with Gasteiger partial charge in [-0.2, -0.15) is 0 Å². The Morgan fingerprint density at radius 2 is 1.79 bits per heavy atom. The molecule has 0 aromatic heterocycles. The highest BCUT2D eigenvalue weighted by atomic mass is 16.7. The van der Waals surface area contributed by atoms with Gasteiger partial charge in [0.1, 0.15) is 0 Å². The molecule has 3 rings (SSSR count). The Bertz CT molecular complexity index is 767. The Kier molecular flexibility index (Phi) is 7.36. The lowest BCUT2D eigenvalue weighted by molar-refractivity contribution is 0.0289. The molecule has 1 atom stereocenters. The van der Waals surface area contributed by atoms with Gasteiger partial charge in [0.25, 0.3) is 0 Å². The van der Waals surface area contributed by atoms with Crippen molar-refractivity contribution in [2.24, 2.45) is 0 Å². The molecule has 0 spiro atoms. The molecule has 2 N–H and O–H groups in total. The molecule has 0 saturated heterocycles. The third kappa shape index (κ3) is 5.51. The quantitative estimate of drug-likeness (QED) is 0.570. The number of methoxy groups -OCH3 is 2. The molecule has 0 aliphatic carbocycles. The summed E-state index contributed by atoms with van der Waals surface area (Å²) >= 11 is 0. The first kappa shape index (κ1) is 20.3. The van der Waals surface area contributed by atoms with E-state index in [9.17, 15) is 5.11 Å². The molecule has 0 fully saturated rings. The van der Waals surface area contributed by atoms with Crippen LogP contribution in [-0.4, -0.2) is 51.9 Å². The number of fused-ring (bicyclic) bond motifs is 1. The number of aliphatic hydroxyl groups is 1. The molecule has 2 aromatic carbocycles. The molecule has 0 radical (unpaired) electrons. The summed E-state index contributed by atoms with van der Waals surface area (Å²) in [5, 5.41) is 13.3. The van der Waals surface area contributed by atoms with Crippen LogP contribution in [0, 0.1) is 0 Å². The number of ether oxygens (including phenoxy) is 5. The molecule has 1 aliphatic heterocycles. The predicted octanol–water partition coefficient (Wildman–Crippen LogP) is 2.14. The van der Waals surface area contributed by atoms with E-state index in [2.05, 4.69) is 5.32 Å². The van der Waals surface area contributed by atoms with E-state index in [0.29, 0.717) is 18.9 Å². The van der Waals surface area contributed by atoms with Crippen LogP contribution in [0.4, 0.5) is 0 Å². The molecule has 0 bridgehead atoms. The number of hydrogen-bond acceptors (Lipinski definition) is 7. The van der Waals surface area contributed by atoms with Crippen molar-refractivity contribution >= 4 is 0 Å². The van der Waals surface area contributed by atoms with Crippen molar-refractivity contribution in [1.82, 2.24) is 5.32 Å². The lowest BCUT2D eigenvalue weighted by Gasteiger charge is -2.13. The molecule has 0 unspecified atom stereocenters. The van der Waals surface area contributed by atoms with Crippen molar-refractivity contribution in [1.29, 1.82) is 0 Å². The van der Waals surface area contributed by atoms with Crippen LogP contribution < -0.4 is 24.3 Å². The van der Waals surface area contributed by atoms with Gasteiger partial charge in [-0.3, -0.25) is 0 Å². The Morgan fingerprint density at radius 3 is 2.61 bits per heavy atom. The van der Waals surface area contributed by atoms with Gasteiger partial charge in [-0.25, -0.2) is 0 Å². The molecule has 28 heavy (non-hydrogen) atoms. The molecular weight excluding hydrogens is 362 g/mol. The molecule has 7 heteroatoms. The van der Waals surface area contributed by atoms with Crippen molar-refractivity contribution in [3.05, 3.63) is 47.5 Å². The molecule has 0 saturated carbocycles. The molecule has 7 nitrogen and oxygen atoms in total. The minimum atomic E-state index is -0.570. The lowest BCUT2D eigenvalue weighted by atomic mass is 10.1. The second kappa shape index (κ2) is 10.2. The average Bonchev–Trinajstić information content (AvgIpc) is 3.19. The van der Waals surface area contributed by atoms with E-state index < -0.39 is 6.10 Å². The summed E-state index contributed by atoms with van der Waals surface area (Å²) in [6.07, 6.45) is 0.255. The van der Waals surface area contributed by atoms with Gasteiger partial charge in [0.15, 0.2) is 23.0 Å². The normalized spacial score (nSPS) is 13.4. The second-order valence-corrected chi connectivity index (χ2v) is 6.50. The van der Waals surface area contributed by atoms with Gasteiger partial charge in [-0.1, -0.05) is 12.1 Å². The largest absolute Gasteiger partial charge is 0.493 e. The van der Waals surface area contributed by atoms with E-state index >= 15 is 0 Å². The first-order valence-electron chi connectivity index (χ1n) is 9.25. The maximum Gasteiger partial charge on any atom is 0.231 e. The first-order chi connectivity index (χ1) is 13.7. The number of nitrogens with one attached hydrogen (secondary N) is 1. The highest BCUT2D eigenvalue weighted by Crippen LogP contribution is 2.32. The van der Waals surface area contributed by atoms with E-state index in [1.165, 1.54) is 0 Å². The SMILES string of the molecule is COc1ccc(CCNC[C@@H](O)COCc2ccc3c(c2)OCO3)cc1OC. The summed E-state index contributed by atoms with van der Waals surface area (Å²) < 4.78 is 26.8. The van der Waals surface area contributed by atoms with Crippen LogP contribution in [0.2, 0.25) is 0 Å². The standard InChI is InChI=1S/C21H27NO6/c1-24-18-5-3-15(9-20(18)25-2)7-8-22-11-17(23)13-26-12-16-4-6-19-21(10-16)28-14-27-19/h3-6,9-10,17,22-23H,7-8,11-14H2,1-2H3/t17-/m1/s1. The minimum absolute atomic E-state index is 0.257. The van der Waals surface area contributed by atoms with Crippen LogP contribution in [0.25, 0.3) is 0 Å². The molecule has 152 valence electrons. The van der Waals surface area contributed by atoms with Gasteiger partial charge in [-0.15, -0.1) is 0 Å². The van der Waals surface area contributed by atoms with Crippen LogP contribution in [0.15, 0.2) is 36.4 Å². The predicted molar refractivity (Wildman–Crippen MR) is 104 cm³/mol. The fourth-order valence-corrected chi connectivity index (χ4v) is 2.94. The summed E-state index contributed by atoms with van der Waals surface area (Å²) in [7, 11) is 3.24. The van der Waals surface area contributed by atoms with Crippen LogP contribution in [-0.2, 0) is 17.8 Å². The van der Waals surface area contributed by atoms with E-state index in [1.54, 1.807) is 14.2 Å². The molecule has 1 heterocycles. The monoisotopic (exact) mass is 389 g/mol. The molecule has 1 aliphatic rings. The van der Waals surface area contributed by atoms with Gasteiger partial charge in [0.2, 0.25) is 6.79 Å². The Balaban J connectivity index is 1.32. The number of aliphatic hydroxyl groups excluding tert-OH is 1. The van der Waals surface area contributed by atoms with E-state index in [-0.39, 0.29) is 13.4 Å². The van der Waals surface area contributed by atoms with Gasteiger partial charge in [0, 0.05) is 6.54 Å². The summed E-state index contributed by atoms with van der Waals surface area (Å²) in [4.78, 5) is 0. The zero-order valence-corrected chi connectivity index (χ0v) is 16.3. The van der Waals surface area contributed by atoms with E-state index in [4.69, 9.17) is 23.7 Å². The van der Waals surface area contributed by atoms with Crippen LogP contribution in [0.1, 0.15) is 11.1 Å². The number of benzene rings is 2. The fourth-order valence-electron chi connectivity index (χ4n) is 2.94. The van der Waals surface area contributed by atoms with Gasteiger partial charge in [-0.05, 0) is 48.4 Å². The Morgan fingerprint density at radius 1 is 1.00 bits per heavy atom. The van der Waals surface area contributed by atoms with Crippen molar-refractivity contribution in [3.8, 4) is 23.0 Å². The van der Waals surface area contributed by atoms with Crippen LogP contribution in [0.5, 0.6) is 23.0 Å². The van der Waals surface area contributed by atoms with E-state index in [0.717, 1.165) is 41.3 Å². The topological polar surface area (TPSA) is 78.4 Å². The molecule has 0 amide bonds. The lowest BCUT2D eigenvalue weighted by Crippen LogP contribution is -2.31. The van der Waals surface area contributed by atoms with Crippen molar-refractivity contribution in [3.63, 3.8) is 0 Å². The molecule has 2 aromatic rings. The first-order valence-corrected chi connectivity index (χ1v) is 9.25. The van der Waals surface area contributed by atoms with Crippen molar-refractivity contribution < 1.29 is 28.8 Å². The van der Waals surface area contributed by atoms with Crippen LogP contribution in [0.3, 0.4) is 0 Å². The second-order valence-electron chi connectivity index (χ2n) is 6.50. The smallest absolute Gasteiger partial charge is 0.231 e. The summed E-state index contributed by atoms with van der Waals surface area (Å²) in [5.41, 5.74) is 2.12. The van der Waals surface area contributed by atoms with Crippen molar-refractivity contribution in [2.45, 2.75) is 19.1 Å². The zero-order chi connectivity index (χ0) is 19.8.